The molecule has 2 aromatic heterocycles. The lowest BCUT2D eigenvalue weighted by molar-refractivity contribution is -0.118. The quantitative estimate of drug-likeness (QED) is 0.334. The van der Waals surface area contributed by atoms with Crippen LogP contribution in [0.25, 0.3) is 0 Å². The lowest BCUT2D eigenvalue weighted by atomic mass is 9.97. The van der Waals surface area contributed by atoms with Crippen LogP contribution in [0.3, 0.4) is 0 Å². The number of amides is 3. The van der Waals surface area contributed by atoms with Gasteiger partial charge in [0.25, 0.3) is 0 Å². The van der Waals surface area contributed by atoms with E-state index in [4.69, 9.17) is 21.1 Å². The second-order valence-electron chi connectivity index (χ2n) is 10.7. The van der Waals surface area contributed by atoms with E-state index in [-0.39, 0.29) is 36.7 Å². The Morgan fingerprint density at radius 1 is 0.891 bits per heavy atom. The Morgan fingerprint density at radius 3 is 1.91 bits per heavy atom. The Balaban J connectivity index is 0.000000399. The van der Waals surface area contributed by atoms with Gasteiger partial charge in [-0.1, -0.05) is 21.3 Å². The Kier molecular flexibility index (Phi) is 19.7. The number of pyridine rings is 2. The van der Waals surface area contributed by atoms with Crippen LogP contribution in [0.15, 0.2) is 49.1 Å². The topological polar surface area (TPSA) is 134 Å². The molecule has 4 heterocycles. The molecule has 0 bridgehead atoms. The van der Waals surface area contributed by atoms with Gasteiger partial charge in [-0.25, -0.2) is 9.59 Å². The highest BCUT2D eigenvalue weighted by Crippen LogP contribution is 2.22. The van der Waals surface area contributed by atoms with Crippen LogP contribution in [0.1, 0.15) is 59.8 Å². The number of anilines is 2. The number of nitrogens with zero attached hydrogens (tertiary/aromatic N) is 5. The van der Waals surface area contributed by atoms with Gasteiger partial charge in [-0.05, 0) is 73.4 Å². The minimum atomic E-state index is -0.292. The number of ether oxygens (including phenoxy) is 2. The summed E-state index contributed by atoms with van der Waals surface area (Å²) in [7, 11) is 2.83. The first-order valence-electron chi connectivity index (χ1n) is 15.4. The molecule has 12 nitrogen and oxygen atoms in total. The summed E-state index contributed by atoms with van der Waals surface area (Å²) in [6.07, 6.45) is 11.4. The molecule has 13 heteroatoms. The molecule has 2 aliphatic heterocycles. The molecular weight excluding hydrogens is 612 g/mol. The van der Waals surface area contributed by atoms with E-state index in [1.165, 1.54) is 14.2 Å². The summed E-state index contributed by atoms with van der Waals surface area (Å²) in [4.78, 5) is 58.4. The van der Waals surface area contributed by atoms with E-state index < -0.39 is 0 Å². The number of methoxy groups -OCH3 is 2. The highest BCUT2D eigenvalue weighted by molar-refractivity contribution is 6.63. The number of aromatic nitrogens is 2. The first-order valence-corrected chi connectivity index (χ1v) is 15.8. The fourth-order valence-corrected chi connectivity index (χ4v) is 5.08. The molecule has 0 aromatic carbocycles. The van der Waals surface area contributed by atoms with Gasteiger partial charge in [0.15, 0.2) is 0 Å². The van der Waals surface area contributed by atoms with Crippen molar-refractivity contribution in [3.05, 3.63) is 49.1 Å². The molecule has 256 valence electrons. The van der Waals surface area contributed by atoms with Crippen LogP contribution in [-0.2, 0) is 19.1 Å². The third kappa shape index (κ3) is 14.4. The fraction of sp³-hybridized carbons (Fsp3) is 0.576. The molecule has 0 saturated carbocycles. The molecule has 1 N–H and O–H groups in total. The van der Waals surface area contributed by atoms with Crippen molar-refractivity contribution in [2.75, 3.05) is 63.7 Å². The van der Waals surface area contributed by atoms with Crippen LogP contribution in [0, 0.1) is 11.8 Å². The zero-order valence-corrected chi connectivity index (χ0v) is 27.6. The first kappa shape index (κ1) is 40.1. The van der Waals surface area contributed by atoms with Crippen LogP contribution >= 0.6 is 11.6 Å². The van der Waals surface area contributed by atoms with Crippen molar-refractivity contribution in [3.8, 4) is 0 Å². The van der Waals surface area contributed by atoms with Gasteiger partial charge in [-0.2, -0.15) is 0 Å². The van der Waals surface area contributed by atoms with Crippen LogP contribution in [-0.4, -0.2) is 96.6 Å². The molecule has 2 aromatic rings. The predicted octanol–water partition coefficient (Wildman–Crippen LogP) is 6.07. The maximum Gasteiger partial charge on any atom is 0.409 e. The van der Waals surface area contributed by atoms with Crippen LogP contribution < -0.4 is 10.2 Å². The molecule has 3 amide bonds. The molecule has 0 radical (unpaired) electrons. The number of hydrogen-bond donors (Lipinski definition) is 1. The Hall–Kier alpha value is -3.93. The average molecular weight is 663 g/mol. The molecule has 0 spiro atoms. The summed E-state index contributed by atoms with van der Waals surface area (Å²) in [5.41, 5.74) is 1.83. The average Bonchev–Trinajstić information content (AvgIpc) is 3.10. The van der Waals surface area contributed by atoms with E-state index in [9.17, 15) is 19.2 Å². The first-order chi connectivity index (χ1) is 21.7. The number of rotatable bonds is 8. The van der Waals surface area contributed by atoms with E-state index >= 15 is 0 Å². The SMILES string of the molecule is C.CCC(=O)Cl.CCC(=O)N(CC1CCCN(C(=O)OC)C1)c1cccnc1.COC(=O)N1CCCC(CNc2cccnc2)C1. The fourth-order valence-electron chi connectivity index (χ4n) is 5.08. The van der Waals surface area contributed by atoms with Crippen molar-refractivity contribution in [3.63, 3.8) is 0 Å². The summed E-state index contributed by atoms with van der Waals surface area (Å²) in [5, 5.41) is 3.08. The van der Waals surface area contributed by atoms with Crippen molar-refractivity contribution in [2.45, 2.75) is 59.8 Å². The Morgan fingerprint density at radius 2 is 1.43 bits per heavy atom. The van der Waals surface area contributed by atoms with E-state index in [2.05, 4.69) is 15.3 Å². The zero-order chi connectivity index (χ0) is 33.0. The lowest BCUT2D eigenvalue weighted by Gasteiger charge is -2.34. The van der Waals surface area contributed by atoms with Crippen molar-refractivity contribution in [1.29, 1.82) is 0 Å². The molecule has 4 rings (SSSR count). The summed E-state index contributed by atoms with van der Waals surface area (Å²) in [6, 6.07) is 7.62. The van der Waals surface area contributed by atoms with Gasteiger partial charge < -0.3 is 29.5 Å². The van der Waals surface area contributed by atoms with Gasteiger partial charge in [-0.15, -0.1) is 0 Å². The maximum absolute atomic E-state index is 12.3. The third-order valence-electron chi connectivity index (χ3n) is 7.44. The lowest BCUT2D eigenvalue weighted by Crippen LogP contribution is -2.45. The molecule has 2 aliphatic rings. The van der Waals surface area contributed by atoms with Gasteiger partial charge in [0.1, 0.15) is 0 Å². The second kappa shape index (κ2) is 22.6. The van der Waals surface area contributed by atoms with Gasteiger partial charge in [-0.3, -0.25) is 19.6 Å². The Labute approximate surface area is 278 Å². The van der Waals surface area contributed by atoms with Crippen molar-refractivity contribution in [1.82, 2.24) is 19.8 Å². The number of carbonyl (C=O) groups excluding carboxylic acids is 4. The van der Waals surface area contributed by atoms with Crippen molar-refractivity contribution >= 4 is 46.3 Å². The molecule has 2 atom stereocenters. The van der Waals surface area contributed by atoms with Gasteiger partial charge in [0, 0.05) is 70.7 Å². The number of carbonyl (C=O) groups is 4. The minimum absolute atomic E-state index is 0. The monoisotopic (exact) mass is 662 g/mol. The largest absolute Gasteiger partial charge is 0.453 e. The Bertz CT molecular complexity index is 1180. The smallest absolute Gasteiger partial charge is 0.409 e. The summed E-state index contributed by atoms with van der Waals surface area (Å²) < 4.78 is 9.55. The van der Waals surface area contributed by atoms with Crippen molar-refractivity contribution in [2.24, 2.45) is 11.8 Å². The maximum atomic E-state index is 12.3. The highest BCUT2D eigenvalue weighted by Gasteiger charge is 2.27. The standard InChI is InChI=1S/C16H23N3O3.C13H19N3O2.C3H5ClO.CH4/c1-3-15(20)19(14-7-4-8-17-10-14)12-13-6-5-9-18(11-13)16(21)22-2;1-18-13(17)16-7-3-4-11(10-16)8-15-12-5-2-6-14-9-12;1-2-3(4)5;/h4,7-8,10,13H,3,5-6,9,11-12H2,1-2H3;2,5-6,9,11,15H,3-4,7-8,10H2,1H3;2H2,1H3;1H4. The van der Waals surface area contributed by atoms with Gasteiger partial charge in [0.05, 0.1) is 31.8 Å². The van der Waals surface area contributed by atoms with E-state index in [0.717, 1.165) is 63.2 Å². The van der Waals surface area contributed by atoms with E-state index in [1.54, 1.807) is 46.4 Å². The second-order valence-corrected chi connectivity index (χ2v) is 11.2. The van der Waals surface area contributed by atoms with Crippen LogP contribution in [0.4, 0.5) is 21.0 Å². The van der Waals surface area contributed by atoms with Gasteiger partial charge >= 0.3 is 12.2 Å². The van der Waals surface area contributed by atoms with Gasteiger partial charge in [0.2, 0.25) is 11.1 Å². The van der Waals surface area contributed by atoms with Crippen LogP contribution in [0.5, 0.6) is 0 Å². The highest BCUT2D eigenvalue weighted by atomic mass is 35.5. The summed E-state index contributed by atoms with van der Waals surface area (Å²) in [6.45, 7) is 7.95. The normalized spacial score (nSPS) is 17.0. The number of nitrogens with one attached hydrogen (secondary N) is 1. The predicted molar refractivity (Wildman–Crippen MR) is 181 cm³/mol. The molecule has 46 heavy (non-hydrogen) atoms. The molecule has 2 fully saturated rings. The molecule has 2 unspecified atom stereocenters. The van der Waals surface area contributed by atoms with Crippen LogP contribution in [0.2, 0.25) is 0 Å². The number of hydrogen-bond acceptors (Lipinski definition) is 9. The van der Waals surface area contributed by atoms with E-state index in [1.807, 2.05) is 31.2 Å². The number of likely N-dealkylation sites (tertiary alicyclic amines) is 2. The third-order valence-corrected chi connectivity index (χ3v) is 7.71. The number of piperidine rings is 2. The van der Waals surface area contributed by atoms with Crippen molar-refractivity contribution < 1.29 is 28.7 Å². The van der Waals surface area contributed by atoms with E-state index in [0.29, 0.717) is 31.8 Å². The molecule has 2 saturated heterocycles. The summed E-state index contributed by atoms with van der Waals surface area (Å²) >= 11 is 4.82. The summed E-state index contributed by atoms with van der Waals surface area (Å²) in [5.74, 6) is 0.796. The molecule has 0 aliphatic carbocycles. The molecular formula is C33H51ClN6O6. The zero-order valence-electron chi connectivity index (χ0n) is 26.8. The number of halogens is 1. The minimum Gasteiger partial charge on any atom is -0.453 e.